The van der Waals surface area contributed by atoms with Crippen molar-refractivity contribution in [3.63, 3.8) is 0 Å². The van der Waals surface area contributed by atoms with Crippen LogP contribution >= 0.6 is 0 Å². The molecule has 1 aromatic carbocycles. The molecule has 2 rings (SSSR count). The lowest BCUT2D eigenvalue weighted by atomic mass is 10.3. The van der Waals surface area contributed by atoms with E-state index in [1.807, 2.05) is 38.1 Å². The Hall–Kier alpha value is -2.24. The summed E-state index contributed by atoms with van der Waals surface area (Å²) >= 11 is 0. The van der Waals surface area contributed by atoms with E-state index in [4.69, 9.17) is 15.2 Å². The molecule has 0 radical (unpaired) electrons. The Balaban J connectivity index is 1.86. The summed E-state index contributed by atoms with van der Waals surface area (Å²) in [6.07, 6.45) is 0.807. The molecule has 0 atom stereocenters. The van der Waals surface area contributed by atoms with Crippen LogP contribution in [-0.2, 0) is 13.0 Å². The molecule has 2 N–H and O–H groups in total. The van der Waals surface area contributed by atoms with Crippen molar-refractivity contribution < 1.29 is 9.47 Å². The standard InChI is InChI=1S/C14H20N4O2/c1-3-13-14(15)16-17-18(13)9-10-20-12-7-5-11(6-8-12)19-4-2/h5-8H,3-4,9-10,15H2,1-2H3. The highest BCUT2D eigenvalue weighted by molar-refractivity contribution is 5.33. The topological polar surface area (TPSA) is 75.2 Å². The van der Waals surface area contributed by atoms with Crippen molar-refractivity contribution in [1.82, 2.24) is 15.0 Å². The second kappa shape index (κ2) is 6.79. The average Bonchev–Trinajstić information content (AvgIpc) is 2.81. The zero-order valence-electron chi connectivity index (χ0n) is 11.9. The number of benzene rings is 1. The van der Waals surface area contributed by atoms with Gasteiger partial charge in [-0.3, -0.25) is 0 Å². The lowest BCUT2D eigenvalue weighted by Crippen LogP contribution is -2.12. The van der Waals surface area contributed by atoms with Crippen LogP contribution in [0.2, 0.25) is 0 Å². The fraction of sp³-hybridized carbons (Fsp3) is 0.429. The Kier molecular flexibility index (Phi) is 4.81. The number of nitrogens with two attached hydrogens (primary N) is 1. The molecule has 0 saturated heterocycles. The molecule has 2 aromatic rings. The first-order valence-electron chi connectivity index (χ1n) is 6.78. The quantitative estimate of drug-likeness (QED) is 0.836. The van der Waals surface area contributed by atoms with Gasteiger partial charge in [0.15, 0.2) is 5.82 Å². The SMILES string of the molecule is CCOc1ccc(OCCn2nnc(N)c2CC)cc1. The van der Waals surface area contributed by atoms with Crippen molar-refractivity contribution >= 4 is 5.82 Å². The Morgan fingerprint density at radius 2 is 1.75 bits per heavy atom. The number of hydrogen-bond donors (Lipinski definition) is 1. The van der Waals surface area contributed by atoms with Gasteiger partial charge in [0, 0.05) is 0 Å². The number of nitrogen functional groups attached to an aromatic ring is 1. The first-order valence-corrected chi connectivity index (χ1v) is 6.78. The Morgan fingerprint density at radius 1 is 1.10 bits per heavy atom. The van der Waals surface area contributed by atoms with Crippen LogP contribution in [0.4, 0.5) is 5.82 Å². The monoisotopic (exact) mass is 276 g/mol. The van der Waals surface area contributed by atoms with Crippen molar-refractivity contribution in [3.05, 3.63) is 30.0 Å². The molecule has 0 aliphatic carbocycles. The van der Waals surface area contributed by atoms with Gasteiger partial charge in [-0.2, -0.15) is 0 Å². The summed E-state index contributed by atoms with van der Waals surface area (Å²) < 4.78 is 12.8. The van der Waals surface area contributed by atoms with Crippen LogP contribution in [0.25, 0.3) is 0 Å². The van der Waals surface area contributed by atoms with Crippen molar-refractivity contribution in [2.24, 2.45) is 0 Å². The third-order valence-electron chi connectivity index (χ3n) is 2.91. The predicted octanol–water partition coefficient (Wildman–Crippen LogP) is 1.90. The lowest BCUT2D eigenvalue weighted by molar-refractivity contribution is 0.286. The molecule has 0 aliphatic rings. The van der Waals surface area contributed by atoms with Crippen LogP contribution in [0.3, 0.4) is 0 Å². The number of anilines is 1. The average molecular weight is 276 g/mol. The molecule has 0 fully saturated rings. The maximum absolute atomic E-state index is 5.73. The highest BCUT2D eigenvalue weighted by Crippen LogP contribution is 2.17. The van der Waals surface area contributed by atoms with Gasteiger partial charge in [-0.05, 0) is 37.6 Å². The molecular weight excluding hydrogens is 256 g/mol. The van der Waals surface area contributed by atoms with E-state index >= 15 is 0 Å². The highest BCUT2D eigenvalue weighted by atomic mass is 16.5. The summed E-state index contributed by atoms with van der Waals surface area (Å²) in [7, 11) is 0. The zero-order valence-corrected chi connectivity index (χ0v) is 11.9. The van der Waals surface area contributed by atoms with Crippen LogP contribution in [0.1, 0.15) is 19.5 Å². The molecule has 0 unspecified atom stereocenters. The van der Waals surface area contributed by atoms with E-state index in [9.17, 15) is 0 Å². The number of aromatic nitrogens is 3. The van der Waals surface area contributed by atoms with Crippen LogP contribution < -0.4 is 15.2 Å². The van der Waals surface area contributed by atoms with Crippen LogP contribution in [0.15, 0.2) is 24.3 Å². The van der Waals surface area contributed by atoms with Crippen LogP contribution in [-0.4, -0.2) is 28.2 Å². The molecule has 0 bridgehead atoms. The summed E-state index contributed by atoms with van der Waals surface area (Å²) in [5.74, 6) is 2.14. The van der Waals surface area contributed by atoms with Crippen molar-refractivity contribution in [1.29, 1.82) is 0 Å². The molecule has 0 spiro atoms. The van der Waals surface area contributed by atoms with E-state index in [1.165, 1.54) is 0 Å². The minimum Gasteiger partial charge on any atom is -0.494 e. The largest absolute Gasteiger partial charge is 0.494 e. The molecule has 0 saturated carbocycles. The van der Waals surface area contributed by atoms with Crippen molar-refractivity contribution in [3.8, 4) is 11.5 Å². The molecule has 6 heteroatoms. The Labute approximate surface area is 118 Å². The Bertz CT molecular complexity index is 537. The van der Waals surface area contributed by atoms with Crippen molar-refractivity contribution in [2.75, 3.05) is 18.9 Å². The first kappa shape index (κ1) is 14.2. The highest BCUT2D eigenvalue weighted by Gasteiger charge is 2.07. The third kappa shape index (κ3) is 3.40. The number of ether oxygens (including phenoxy) is 2. The normalized spacial score (nSPS) is 10.5. The van der Waals surface area contributed by atoms with E-state index < -0.39 is 0 Å². The van der Waals surface area contributed by atoms with Crippen LogP contribution in [0, 0.1) is 0 Å². The van der Waals surface area contributed by atoms with Gasteiger partial charge >= 0.3 is 0 Å². The van der Waals surface area contributed by atoms with E-state index in [2.05, 4.69) is 10.3 Å². The number of nitrogens with zero attached hydrogens (tertiary/aromatic N) is 3. The van der Waals surface area contributed by atoms with Gasteiger partial charge in [0.25, 0.3) is 0 Å². The minimum atomic E-state index is 0.494. The number of hydrogen-bond acceptors (Lipinski definition) is 5. The van der Waals surface area contributed by atoms with E-state index in [0.29, 0.717) is 25.6 Å². The molecule has 0 amide bonds. The van der Waals surface area contributed by atoms with E-state index in [1.54, 1.807) is 4.68 Å². The van der Waals surface area contributed by atoms with Crippen molar-refractivity contribution in [2.45, 2.75) is 26.8 Å². The third-order valence-corrected chi connectivity index (χ3v) is 2.91. The number of rotatable bonds is 7. The van der Waals surface area contributed by atoms with Gasteiger partial charge in [0.05, 0.1) is 18.8 Å². The molecule has 1 aromatic heterocycles. The summed E-state index contributed by atoms with van der Waals surface area (Å²) in [5, 5.41) is 7.86. The first-order chi connectivity index (χ1) is 9.74. The van der Waals surface area contributed by atoms with Gasteiger partial charge in [-0.15, -0.1) is 5.10 Å². The van der Waals surface area contributed by atoms with Gasteiger partial charge in [0.2, 0.25) is 0 Å². The molecule has 20 heavy (non-hydrogen) atoms. The van der Waals surface area contributed by atoms with Gasteiger partial charge in [-0.25, -0.2) is 4.68 Å². The predicted molar refractivity (Wildman–Crippen MR) is 76.9 cm³/mol. The van der Waals surface area contributed by atoms with Crippen LogP contribution in [0.5, 0.6) is 11.5 Å². The Morgan fingerprint density at radius 3 is 2.35 bits per heavy atom. The second-order valence-electron chi connectivity index (χ2n) is 4.25. The fourth-order valence-corrected chi connectivity index (χ4v) is 1.94. The van der Waals surface area contributed by atoms with Gasteiger partial charge in [-0.1, -0.05) is 12.1 Å². The smallest absolute Gasteiger partial charge is 0.169 e. The van der Waals surface area contributed by atoms with Gasteiger partial charge in [0.1, 0.15) is 18.1 Å². The lowest BCUT2D eigenvalue weighted by Gasteiger charge is -2.09. The summed E-state index contributed by atoms with van der Waals surface area (Å²) in [6.45, 7) is 5.79. The fourth-order valence-electron chi connectivity index (χ4n) is 1.94. The summed E-state index contributed by atoms with van der Waals surface area (Å²) in [5.41, 5.74) is 6.68. The summed E-state index contributed by atoms with van der Waals surface area (Å²) in [4.78, 5) is 0. The second-order valence-corrected chi connectivity index (χ2v) is 4.25. The molecule has 6 nitrogen and oxygen atoms in total. The molecule has 1 heterocycles. The minimum absolute atomic E-state index is 0.494. The summed E-state index contributed by atoms with van der Waals surface area (Å²) in [6, 6.07) is 7.57. The van der Waals surface area contributed by atoms with E-state index in [0.717, 1.165) is 23.6 Å². The maximum atomic E-state index is 5.73. The molecule has 108 valence electrons. The maximum Gasteiger partial charge on any atom is 0.169 e. The van der Waals surface area contributed by atoms with E-state index in [-0.39, 0.29) is 0 Å². The van der Waals surface area contributed by atoms with Gasteiger partial charge < -0.3 is 15.2 Å². The molecule has 0 aliphatic heterocycles. The zero-order chi connectivity index (χ0) is 14.4. The molecular formula is C14H20N4O2.